The largest absolute Gasteiger partial charge is 0.481 e. The van der Waals surface area contributed by atoms with Crippen molar-refractivity contribution in [3.05, 3.63) is 29.8 Å². The summed E-state index contributed by atoms with van der Waals surface area (Å²) in [5, 5.41) is 8.54. The molecule has 0 aromatic heterocycles. The Morgan fingerprint density at radius 1 is 1.41 bits per heavy atom. The number of ether oxygens (including phenoxy) is 1. The minimum absolute atomic E-state index is 0.0777. The van der Waals surface area contributed by atoms with E-state index in [1.54, 1.807) is 33.2 Å². The quantitative estimate of drug-likeness (QED) is 0.792. The lowest BCUT2D eigenvalue weighted by Gasteiger charge is -2.18. The van der Waals surface area contributed by atoms with Gasteiger partial charge in [-0.15, -0.1) is 0 Å². The summed E-state index contributed by atoms with van der Waals surface area (Å²) in [4.78, 5) is 13.1. The lowest BCUT2D eigenvalue weighted by molar-refractivity contribution is -0.135. The average Bonchev–Trinajstić information content (AvgIpc) is 2.30. The van der Waals surface area contributed by atoms with Crippen LogP contribution in [0.25, 0.3) is 0 Å². The summed E-state index contributed by atoms with van der Waals surface area (Å²) < 4.78 is 5.50. The minimum Gasteiger partial charge on any atom is -0.481 e. The third-order valence-corrected chi connectivity index (χ3v) is 2.31. The molecular weight excluding hydrogens is 216 g/mol. The second-order valence-corrected chi connectivity index (χ2v) is 3.97. The third-order valence-electron chi connectivity index (χ3n) is 2.31. The molecule has 0 aliphatic rings. The molecule has 1 aromatic carbocycles. The summed E-state index contributed by atoms with van der Waals surface area (Å²) in [5.74, 6) is 0.556. The highest BCUT2D eigenvalue weighted by Gasteiger charge is 2.16. The van der Waals surface area contributed by atoms with Crippen molar-refractivity contribution in [1.29, 1.82) is 5.26 Å². The number of nitriles is 1. The van der Waals surface area contributed by atoms with Crippen LogP contribution in [0.15, 0.2) is 24.3 Å². The molecule has 4 nitrogen and oxygen atoms in total. The highest BCUT2D eigenvalue weighted by Crippen LogP contribution is 2.14. The normalized spacial score (nSPS) is 11.4. The van der Waals surface area contributed by atoms with Crippen molar-refractivity contribution in [3.63, 3.8) is 0 Å². The van der Waals surface area contributed by atoms with E-state index in [9.17, 15) is 4.79 Å². The number of hydrogen-bond donors (Lipinski definition) is 0. The van der Waals surface area contributed by atoms with Gasteiger partial charge in [0.2, 0.25) is 0 Å². The molecule has 0 aliphatic carbocycles. The zero-order valence-electron chi connectivity index (χ0n) is 10.3. The third kappa shape index (κ3) is 3.80. The van der Waals surface area contributed by atoms with Crippen LogP contribution in [0, 0.1) is 11.3 Å². The molecule has 0 N–H and O–H groups in total. The molecular formula is C13H16N2O2. The first-order chi connectivity index (χ1) is 8.04. The van der Waals surface area contributed by atoms with Crippen molar-refractivity contribution in [2.24, 2.45) is 0 Å². The van der Waals surface area contributed by atoms with Gasteiger partial charge in [-0.25, -0.2) is 0 Å². The summed E-state index contributed by atoms with van der Waals surface area (Å²) in [5.41, 5.74) is 0.937. The van der Waals surface area contributed by atoms with Crippen LogP contribution in [0.2, 0.25) is 0 Å². The Balaban J connectivity index is 2.63. The predicted octanol–water partition coefficient (Wildman–Crippen LogP) is 1.61. The van der Waals surface area contributed by atoms with Crippen LogP contribution < -0.4 is 4.74 Å². The molecule has 1 atom stereocenters. The zero-order chi connectivity index (χ0) is 12.8. The topological polar surface area (TPSA) is 53.3 Å². The average molecular weight is 232 g/mol. The van der Waals surface area contributed by atoms with E-state index >= 15 is 0 Å². The van der Waals surface area contributed by atoms with Crippen molar-refractivity contribution < 1.29 is 9.53 Å². The van der Waals surface area contributed by atoms with Crippen molar-refractivity contribution in [1.82, 2.24) is 4.90 Å². The molecule has 1 rings (SSSR count). The van der Waals surface area contributed by atoms with Crippen LogP contribution in [0.1, 0.15) is 12.5 Å². The Morgan fingerprint density at radius 3 is 2.47 bits per heavy atom. The standard InChI is InChI=1S/C13H16N2O2/c1-10(13(16)15(2)3)17-12-6-4-11(5-7-12)8-9-14/h4-7,10H,8H2,1-3H3. The van der Waals surface area contributed by atoms with Gasteiger partial charge in [0.25, 0.3) is 5.91 Å². The van der Waals surface area contributed by atoms with Gasteiger partial charge in [0.05, 0.1) is 12.5 Å². The molecule has 90 valence electrons. The molecule has 4 heteroatoms. The van der Waals surface area contributed by atoms with Crippen LogP contribution in [0.5, 0.6) is 5.75 Å². The molecule has 1 unspecified atom stereocenters. The van der Waals surface area contributed by atoms with E-state index in [4.69, 9.17) is 10.00 Å². The molecule has 0 fully saturated rings. The van der Waals surface area contributed by atoms with Gasteiger partial charge in [0.1, 0.15) is 5.75 Å². The van der Waals surface area contributed by atoms with E-state index < -0.39 is 6.10 Å². The Hall–Kier alpha value is -2.02. The smallest absolute Gasteiger partial charge is 0.262 e. The molecule has 0 spiro atoms. The number of carbonyl (C=O) groups is 1. The molecule has 1 amide bonds. The van der Waals surface area contributed by atoms with Crippen molar-refractivity contribution in [2.75, 3.05) is 14.1 Å². The number of rotatable bonds is 4. The second-order valence-electron chi connectivity index (χ2n) is 3.97. The zero-order valence-corrected chi connectivity index (χ0v) is 10.3. The van der Waals surface area contributed by atoms with Gasteiger partial charge >= 0.3 is 0 Å². The highest BCUT2D eigenvalue weighted by atomic mass is 16.5. The lowest BCUT2D eigenvalue weighted by Crippen LogP contribution is -2.35. The Bertz CT molecular complexity index is 418. The van der Waals surface area contributed by atoms with Crippen LogP contribution in [0.4, 0.5) is 0 Å². The number of amides is 1. The summed E-state index contributed by atoms with van der Waals surface area (Å²) in [6.07, 6.45) is -0.126. The number of nitrogens with zero attached hydrogens (tertiary/aromatic N) is 2. The van der Waals surface area contributed by atoms with E-state index in [0.717, 1.165) is 5.56 Å². The van der Waals surface area contributed by atoms with Gasteiger partial charge in [-0.1, -0.05) is 12.1 Å². The maximum atomic E-state index is 11.6. The monoisotopic (exact) mass is 232 g/mol. The molecule has 0 aliphatic heterocycles. The Morgan fingerprint density at radius 2 is 2.00 bits per heavy atom. The Kier molecular flexibility index (Phi) is 4.53. The van der Waals surface area contributed by atoms with Gasteiger partial charge in [-0.3, -0.25) is 4.79 Å². The fourth-order valence-electron chi connectivity index (χ4n) is 1.40. The number of likely N-dealkylation sites (N-methyl/N-ethyl adjacent to an activating group) is 1. The van der Waals surface area contributed by atoms with Crippen LogP contribution >= 0.6 is 0 Å². The first kappa shape index (κ1) is 13.0. The maximum absolute atomic E-state index is 11.6. The highest BCUT2D eigenvalue weighted by molar-refractivity contribution is 5.80. The van der Waals surface area contributed by atoms with Crippen molar-refractivity contribution in [2.45, 2.75) is 19.4 Å². The first-order valence-corrected chi connectivity index (χ1v) is 5.38. The van der Waals surface area contributed by atoms with Gasteiger partial charge in [-0.05, 0) is 24.6 Å². The summed E-state index contributed by atoms with van der Waals surface area (Å²) in [6, 6.07) is 9.27. The molecule has 0 saturated heterocycles. The first-order valence-electron chi connectivity index (χ1n) is 5.38. The SMILES string of the molecule is CC(Oc1ccc(CC#N)cc1)C(=O)N(C)C. The van der Waals surface area contributed by atoms with Crippen LogP contribution in [0.3, 0.4) is 0 Å². The molecule has 0 bridgehead atoms. The second kappa shape index (κ2) is 5.90. The van der Waals surface area contributed by atoms with E-state index in [1.165, 1.54) is 4.90 Å². The summed E-state index contributed by atoms with van der Waals surface area (Å²) in [6.45, 7) is 1.71. The van der Waals surface area contributed by atoms with Crippen molar-refractivity contribution in [3.8, 4) is 11.8 Å². The van der Waals surface area contributed by atoms with Gasteiger partial charge in [0.15, 0.2) is 6.10 Å². The number of carbonyl (C=O) groups excluding carboxylic acids is 1. The summed E-state index contributed by atoms with van der Waals surface area (Å²) >= 11 is 0. The van der Waals surface area contributed by atoms with E-state index in [1.807, 2.05) is 12.1 Å². The molecule has 17 heavy (non-hydrogen) atoms. The predicted molar refractivity (Wildman–Crippen MR) is 64.5 cm³/mol. The van der Waals surface area contributed by atoms with E-state index in [2.05, 4.69) is 6.07 Å². The number of hydrogen-bond acceptors (Lipinski definition) is 3. The number of benzene rings is 1. The maximum Gasteiger partial charge on any atom is 0.262 e. The molecule has 1 aromatic rings. The molecule has 0 heterocycles. The molecule has 0 radical (unpaired) electrons. The Labute approximate surface area is 101 Å². The van der Waals surface area contributed by atoms with E-state index in [0.29, 0.717) is 12.2 Å². The fourth-order valence-corrected chi connectivity index (χ4v) is 1.40. The fraction of sp³-hybridized carbons (Fsp3) is 0.385. The molecule has 0 saturated carbocycles. The lowest BCUT2D eigenvalue weighted by atomic mass is 10.2. The minimum atomic E-state index is -0.508. The van der Waals surface area contributed by atoms with Gasteiger partial charge in [0, 0.05) is 14.1 Å². The van der Waals surface area contributed by atoms with Gasteiger partial charge in [-0.2, -0.15) is 5.26 Å². The van der Waals surface area contributed by atoms with Crippen molar-refractivity contribution >= 4 is 5.91 Å². The summed E-state index contributed by atoms with van der Waals surface area (Å²) in [7, 11) is 3.39. The van der Waals surface area contributed by atoms with Crippen LogP contribution in [-0.4, -0.2) is 31.0 Å². The van der Waals surface area contributed by atoms with Gasteiger partial charge < -0.3 is 9.64 Å². The van der Waals surface area contributed by atoms with E-state index in [-0.39, 0.29) is 5.91 Å². The van der Waals surface area contributed by atoms with Crippen LogP contribution in [-0.2, 0) is 11.2 Å².